The van der Waals surface area contributed by atoms with Crippen LogP contribution in [0.15, 0.2) is 30.6 Å². The largest absolute Gasteiger partial charge is 0.383 e. The van der Waals surface area contributed by atoms with E-state index in [-0.39, 0.29) is 5.54 Å². The van der Waals surface area contributed by atoms with Crippen molar-refractivity contribution in [3.63, 3.8) is 0 Å². The molecule has 0 bridgehead atoms. The lowest BCUT2D eigenvalue weighted by Crippen LogP contribution is -2.48. The fourth-order valence-electron chi connectivity index (χ4n) is 3.38. The van der Waals surface area contributed by atoms with Gasteiger partial charge in [-0.25, -0.2) is 4.98 Å². The monoisotopic (exact) mass is 390 g/mol. The first kappa shape index (κ1) is 17.4. The average Bonchev–Trinajstić information content (AvgIpc) is 3.07. The highest BCUT2D eigenvalue weighted by molar-refractivity contribution is 6.44. The van der Waals surface area contributed by atoms with Crippen molar-refractivity contribution in [2.75, 3.05) is 23.7 Å². The highest BCUT2D eigenvalue weighted by atomic mass is 35.5. The van der Waals surface area contributed by atoms with Gasteiger partial charge in [0.1, 0.15) is 5.82 Å². The zero-order valence-corrected chi connectivity index (χ0v) is 15.9. The number of nitrogen functional groups attached to an aromatic ring is 1. The van der Waals surface area contributed by atoms with Gasteiger partial charge >= 0.3 is 0 Å². The molecule has 136 valence electrons. The summed E-state index contributed by atoms with van der Waals surface area (Å²) in [6.45, 7) is 3.73. The Morgan fingerprint density at radius 2 is 1.92 bits per heavy atom. The molecule has 1 aromatic carbocycles. The number of piperidine rings is 1. The minimum atomic E-state index is -0.135. The van der Waals surface area contributed by atoms with Crippen molar-refractivity contribution in [1.82, 2.24) is 14.4 Å². The van der Waals surface area contributed by atoms with E-state index in [1.165, 1.54) is 0 Å². The number of imidazole rings is 1. The van der Waals surface area contributed by atoms with Crippen molar-refractivity contribution in [3.8, 4) is 11.1 Å². The molecule has 0 aliphatic carbocycles. The van der Waals surface area contributed by atoms with E-state index in [1.807, 2.05) is 22.7 Å². The van der Waals surface area contributed by atoms with E-state index in [1.54, 1.807) is 12.3 Å². The first-order chi connectivity index (χ1) is 12.4. The molecule has 0 saturated carbocycles. The molecule has 2 aromatic heterocycles. The summed E-state index contributed by atoms with van der Waals surface area (Å²) >= 11 is 12.6. The van der Waals surface area contributed by atoms with Gasteiger partial charge < -0.3 is 16.4 Å². The van der Waals surface area contributed by atoms with Crippen LogP contribution in [0.25, 0.3) is 16.8 Å². The summed E-state index contributed by atoms with van der Waals surface area (Å²) in [5, 5.41) is 0.910. The predicted octanol–water partition coefficient (Wildman–Crippen LogP) is 3.60. The van der Waals surface area contributed by atoms with E-state index in [0.29, 0.717) is 27.1 Å². The summed E-state index contributed by atoms with van der Waals surface area (Å²) in [6.07, 6.45) is 5.41. The zero-order chi connectivity index (χ0) is 18.5. The molecule has 0 atom stereocenters. The molecular formula is C18H20Cl2N6. The molecule has 0 spiro atoms. The van der Waals surface area contributed by atoms with Crippen LogP contribution in [0.2, 0.25) is 10.0 Å². The molecule has 0 unspecified atom stereocenters. The predicted molar refractivity (Wildman–Crippen MR) is 107 cm³/mol. The van der Waals surface area contributed by atoms with Gasteiger partial charge in [0, 0.05) is 36.6 Å². The maximum absolute atomic E-state index is 6.41. The van der Waals surface area contributed by atoms with Gasteiger partial charge in [0.05, 0.1) is 15.6 Å². The standard InChI is InChI=1S/C18H20Cl2N6/c1-18(22)5-8-25(9-6-18)17-24-15(21)13(16-23-7-10-26(16)17)11-3-2-4-12(19)14(11)20/h2-4,7,10H,5-6,8-9,21-22H2,1H3. The van der Waals surface area contributed by atoms with E-state index < -0.39 is 0 Å². The van der Waals surface area contributed by atoms with Crippen molar-refractivity contribution < 1.29 is 0 Å². The second-order valence-corrected chi connectivity index (χ2v) is 7.82. The smallest absolute Gasteiger partial charge is 0.213 e. The van der Waals surface area contributed by atoms with Gasteiger partial charge in [-0.05, 0) is 25.8 Å². The Kier molecular flexibility index (Phi) is 4.22. The third kappa shape index (κ3) is 2.88. The molecular weight excluding hydrogens is 371 g/mol. The fraction of sp³-hybridized carbons (Fsp3) is 0.333. The van der Waals surface area contributed by atoms with Crippen LogP contribution in [0.5, 0.6) is 0 Å². The summed E-state index contributed by atoms with van der Waals surface area (Å²) in [6, 6.07) is 5.45. The van der Waals surface area contributed by atoms with E-state index in [0.717, 1.165) is 37.4 Å². The quantitative estimate of drug-likeness (QED) is 0.697. The summed E-state index contributed by atoms with van der Waals surface area (Å²) in [5.74, 6) is 1.15. The molecule has 3 aromatic rings. The van der Waals surface area contributed by atoms with Crippen LogP contribution < -0.4 is 16.4 Å². The molecule has 4 N–H and O–H groups in total. The first-order valence-corrected chi connectivity index (χ1v) is 9.24. The molecule has 1 aliphatic rings. The molecule has 0 radical (unpaired) electrons. The van der Waals surface area contributed by atoms with E-state index >= 15 is 0 Å². The molecule has 0 amide bonds. The van der Waals surface area contributed by atoms with Crippen LogP contribution >= 0.6 is 23.2 Å². The Balaban J connectivity index is 1.85. The Labute approximate surface area is 161 Å². The number of nitrogens with two attached hydrogens (primary N) is 2. The van der Waals surface area contributed by atoms with Crippen LogP contribution in [0.3, 0.4) is 0 Å². The van der Waals surface area contributed by atoms with Crippen molar-refractivity contribution in [3.05, 3.63) is 40.6 Å². The lowest BCUT2D eigenvalue weighted by atomic mass is 9.91. The third-order valence-electron chi connectivity index (χ3n) is 4.97. The number of hydrogen-bond donors (Lipinski definition) is 2. The van der Waals surface area contributed by atoms with Crippen molar-refractivity contribution in [2.24, 2.45) is 5.73 Å². The molecule has 1 fully saturated rings. The average molecular weight is 391 g/mol. The Morgan fingerprint density at radius 3 is 2.65 bits per heavy atom. The lowest BCUT2D eigenvalue weighted by Gasteiger charge is -2.37. The summed E-state index contributed by atoms with van der Waals surface area (Å²) in [5.41, 5.74) is 14.6. The second-order valence-electron chi connectivity index (χ2n) is 7.04. The van der Waals surface area contributed by atoms with Gasteiger partial charge in [0.25, 0.3) is 0 Å². The molecule has 3 heterocycles. The maximum Gasteiger partial charge on any atom is 0.213 e. The lowest BCUT2D eigenvalue weighted by molar-refractivity contribution is 0.361. The fourth-order valence-corrected chi connectivity index (χ4v) is 3.77. The van der Waals surface area contributed by atoms with Crippen molar-refractivity contribution in [1.29, 1.82) is 0 Å². The number of fused-ring (bicyclic) bond motifs is 1. The van der Waals surface area contributed by atoms with Crippen LogP contribution in [-0.4, -0.2) is 33.0 Å². The number of anilines is 2. The molecule has 26 heavy (non-hydrogen) atoms. The van der Waals surface area contributed by atoms with Gasteiger partial charge in [0.15, 0.2) is 5.65 Å². The van der Waals surface area contributed by atoms with Gasteiger partial charge in [-0.1, -0.05) is 35.3 Å². The Bertz CT molecular complexity index is 971. The number of hydrogen-bond acceptors (Lipinski definition) is 5. The summed E-state index contributed by atoms with van der Waals surface area (Å²) in [7, 11) is 0. The molecule has 8 heteroatoms. The highest BCUT2D eigenvalue weighted by Crippen LogP contribution is 2.39. The topological polar surface area (TPSA) is 85.5 Å². The number of halogens is 2. The Morgan fingerprint density at radius 1 is 1.19 bits per heavy atom. The van der Waals surface area contributed by atoms with Gasteiger partial charge in [0.2, 0.25) is 5.95 Å². The number of rotatable bonds is 2. The number of aromatic nitrogens is 3. The molecule has 4 rings (SSSR count). The van der Waals surface area contributed by atoms with E-state index in [4.69, 9.17) is 34.7 Å². The number of benzene rings is 1. The summed E-state index contributed by atoms with van der Waals surface area (Å²) in [4.78, 5) is 11.4. The van der Waals surface area contributed by atoms with Crippen LogP contribution in [-0.2, 0) is 0 Å². The van der Waals surface area contributed by atoms with E-state index in [2.05, 4.69) is 21.8 Å². The highest BCUT2D eigenvalue weighted by Gasteiger charge is 2.28. The zero-order valence-electron chi connectivity index (χ0n) is 14.4. The normalized spacial score (nSPS) is 17.0. The maximum atomic E-state index is 6.41. The molecule has 1 saturated heterocycles. The number of nitrogens with zero attached hydrogens (tertiary/aromatic N) is 4. The van der Waals surface area contributed by atoms with Crippen LogP contribution in [0, 0.1) is 0 Å². The van der Waals surface area contributed by atoms with E-state index in [9.17, 15) is 0 Å². The van der Waals surface area contributed by atoms with Crippen LogP contribution in [0.1, 0.15) is 19.8 Å². The second kappa shape index (κ2) is 6.30. The summed E-state index contributed by atoms with van der Waals surface area (Å²) < 4.78 is 1.95. The molecule has 1 aliphatic heterocycles. The van der Waals surface area contributed by atoms with Gasteiger partial charge in [-0.15, -0.1) is 0 Å². The SMILES string of the molecule is CC1(N)CCN(c2nc(N)c(-c3cccc(Cl)c3Cl)c3nccn23)CC1. The van der Waals surface area contributed by atoms with Gasteiger partial charge in [-0.3, -0.25) is 4.40 Å². The molecule has 6 nitrogen and oxygen atoms in total. The minimum Gasteiger partial charge on any atom is -0.383 e. The third-order valence-corrected chi connectivity index (χ3v) is 5.78. The van der Waals surface area contributed by atoms with Gasteiger partial charge in [-0.2, -0.15) is 4.98 Å². The van der Waals surface area contributed by atoms with Crippen LogP contribution in [0.4, 0.5) is 11.8 Å². The first-order valence-electron chi connectivity index (χ1n) is 8.48. The van der Waals surface area contributed by atoms with Crippen molar-refractivity contribution in [2.45, 2.75) is 25.3 Å². The van der Waals surface area contributed by atoms with Crippen molar-refractivity contribution >= 4 is 40.6 Å². The Hall–Kier alpha value is -2.02. The minimum absolute atomic E-state index is 0.135.